The lowest BCUT2D eigenvalue weighted by Gasteiger charge is -2.24. The second-order valence-corrected chi connectivity index (χ2v) is 4.06. The van der Waals surface area contributed by atoms with E-state index in [0.29, 0.717) is 6.54 Å². The zero-order valence-corrected chi connectivity index (χ0v) is 10.5. The van der Waals surface area contributed by atoms with Gasteiger partial charge in [-0.3, -0.25) is 9.48 Å². The maximum absolute atomic E-state index is 11.9. The first-order chi connectivity index (χ1) is 8.06. The minimum Gasteiger partial charge on any atom is -0.395 e. The molecular weight excluding hydrogens is 218 g/mol. The lowest BCUT2D eigenvalue weighted by Crippen LogP contribution is -2.37. The van der Waals surface area contributed by atoms with Crippen molar-refractivity contribution in [2.45, 2.75) is 19.9 Å². The fourth-order valence-electron chi connectivity index (χ4n) is 1.53. The van der Waals surface area contributed by atoms with Crippen LogP contribution in [0.3, 0.4) is 0 Å². The standard InChI is InChI=1S/C12H19N3O2/c1-10(2)15(8-9-16)12(17)5-4-11-6-7-13-14(11)3/h4-7,10,16H,8-9H2,1-3H3/b5-4+. The summed E-state index contributed by atoms with van der Waals surface area (Å²) in [5.41, 5.74) is 0.867. The van der Waals surface area contributed by atoms with Gasteiger partial charge in [0.2, 0.25) is 5.91 Å². The molecule has 1 heterocycles. The monoisotopic (exact) mass is 237 g/mol. The molecule has 0 aliphatic heterocycles. The van der Waals surface area contributed by atoms with Crippen molar-refractivity contribution >= 4 is 12.0 Å². The van der Waals surface area contributed by atoms with Gasteiger partial charge in [-0.05, 0) is 26.0 Å². The van der Waals surface area contributed by atoms with E-state index in [1.807, 2.05) is 27.0 Å². The number of aryl methyl sites for hydroxylation is 1. The number of aromatic nitrogens is 2. The Morgan fingerprint density at radius 1 is 1.65 bits per heavy atom. The quantitative estimate of drug-likeness (QED) is 0.765. The Bertz CT molecular complexity index is 396. The number of aliphatic hydroxyl groups is 1. The lowest BCUT2D eigenvalue weighted by atomic mass is 10.3. The Kier molecular flexibility index (Phi) is 4.90. The van der Waals surface area contributed by atoms with Gasteiger partial charge in [-0.15, -0.1) is 0 Å². The van der Waals surface area contributed by atoms with E-state index < -0.39 is 0 Å². The summed E-state index contributed by atoms with van der Waals surface area (Å²) >= 11 is 0. The third kappa shape index (κ3) is 3.71. The van der Waals surface area contributed by atoms with Crippen LogP contribution in [0.15, 0.2) is 18.3 Å². The van der Waals surface area contributed by atoms with Gasteiger partial charge < -0.3 is 10.0 Å². The number of aliphatic hydroxyl groups excluding tert-OH is 1. The highest BCUT2D eigenvalue weighted by Crippen LogP contribution is 2.03. The average Bonchev–Trinajstić information content (AvgIpc) is 2.68. The summed E-state index contributed by atoms with van der Waals surface area (Å²) in [6, 6.07) is 1.90. The Labute approximate surface area is 101 Å². The van der Waals surface area contributed by atoms with Gasteiger partial charge in [-0.1, -0.05) is 0 Å². The van der Waals surface area contributed by atoms with E-state index in [1.54, 1.807) is 21.9 Å². The Hall–Kier alpha value is -1.62. The van der Waals surface area contributed by atoms with E-state index in [2.05, 4.69) is 5.10 Å². The molecule has 0 atom stereocenters. The highest BCUT2D eigenvalue weighted by atomic mass is 16.3. The van der Waals surface area contributed by atoms with Crippen molar-refractivity contribution in [3.05, 3.63) is 24.0 Å². The number of rotatable bonds is 5. The third-order valence-corrected chi connectivity index (χ3v) is 2.50. The van der Waals surface area contributed by atoms with Gasteiger partial charge in [0, 0.05) is 31.9 Å². The molecule has 1 aromatic rings. The Morgan fingerprint density at radius 2 is 2.35 bits per heavy atom. The largest absolute Gasteiger partial charge is 0.395 e. The van der Waals surface area contributed by atoms with E-state index in [0.717, 1.165) is 5.69 Å². The highest BCUT2D eigenvalue weighted by Gasteiger charge is 2.13. The normalized spacial score (nSPS) is 11.4. The van der Waals surface area contributed by atoms with Crippen LogP contribution in [0.4, 0.5) is 0 Å². The molecule has 0 fully saturated rings. The molecule has 0 saturated heterocycles. The molecule has 0 radical (unpaired) electrons. The van der Waals surface area contributed by atoms with Crippen LogP contribution in [0, 0.1) is 0 Å². The average molecular weight is 237 g/mol. The fraction of sp³-hybridized carbons (Fsp3) is 0.500. The molecule has 1 N–H and O–H groups in total. The zero-order chi connectivity index (χ0) is 12.8. The molecule has 17 heavy (non-hydrogen) atoms. The number of hydrogen-bond donors (Lipinski definition) is 1. The minimum absolute atomic E-state index is 0.0243. The van der Waals surface area contributed by atoms with E-state index >= 15 is 0 Å². The molecule has 1 aromatic heterocycles. The number of hydrogen-bond acceptors (Lipinski definition) is 3. The van der Waals surface area contributed by atoms with Crippen LogP contribution in [0.1, 0.15) is 19.5 Å². The smallest absolute Gasteiger partial charge is 0.246 e. The molecule has 0 aromatic carbocycles. The van der Waals surface area contributed by atoms with Gasteiger partial charge in [0.25, 0.3) is 0 Å². The van der Waals surface area contributed by atoms with Crippen molar-refractivity contribution in [1.29, 1.82) is 0 Å². The van der Waals surface area contributed by atoms with Crippen molar-refractivity contribution < 1.29 is 9.90 Å². The summed E-state index contributed by atoms with van der Waals surface area (Å²) in [7, 11) is 1.82. The first-order valence-corrected chi connectivity index (χ1v) is 5.63. The van der Waals surface area contributed by atoms with Crippen molar-refractivity contribution in [2.75, 3.05) is 13.2 Å². The van der Waals surface area contributed by atoms with Gasteiger partial charge in [0.05, 0.1) is 12.3 Å². The predicted molar refractivity (Wildman–Crippen MR) is 66.2 cm³/mol. The number of nitrogens with zero attached hydrogens (tertiary/aromatic N) is 3. The Balaban J connectivity index is 2.70. The fourth-order valence-corrected chi connectivity index (χ4v) is 1.53. The second kappa shape index (κ2) is 6.20. The predicted octanol–water partition coefficient (Wildman–Crippen LogP) is 0.663. The van der Waals surface area contributed by atoms with Gasteiger partial charge in [0.1, 0.15) is 0 Å². The minimum atomic E-state index is -0.102. The molecule has 5 heteroatoms. The van der Waals surface area contributed by atoms with Crippen LogP contribution < -0.4 is 0 Å². The zero-order valence-electron chi connectivity index (χ0n) is 10.5. The molecule has 0 spiro atoms. The summed E-state index contributed by atoms with van der Waals surface area (Å²) in [6.07, 6.45) is 4.91. The topological polar surface area (TPSA) is 58.4 Å². The molecule has 0 aliphatic carbocycles. The van der Waals surface area contributed by atoms with Gasteiger partial charge in [0.15, 0.2) is 0 Å². The highest BCUT2D eigenvalue weighted by molar-refractivity contribution is 5.91. The lowest BCUT2D eigenvalue weighted by molar-refractivity contribution is -0.128. The molecule has 1 rings (SSSR count). The number of amides is 1. The molecule has 0 saturated carbocycles. The van der Waals surface area contributed by atoms with Crippen LogP contribution in [0.25, 0.3) is 6.08 Å². The van der Waals surface area contributed by atoms with Crippen LogP contribution in [0.2, 0.25) is 0 Å². The molecule has 5 nitrogen and oxygen atoms in total. The van der Waals surface area contributed by atoms with Gasteiger partial charge in [-0.2, -0.15) is 5.10 Å². The first kappa shape index (κ1) is 13.4. The summed E-state index contributed by atoms with van der Waals surface area (Å²) in [5.74, 6) is -0.102. The van der Waals surface area contributed by atoms with Crippen molar-refractivity contribution in [3.63, 3.8) is 0 Å². The van der Waals surface area contributed by atoms with Gasteiger partial charge >= 0.3 is 0 Å². The number of carbonyl (C=O) groups excluding carboxylic acids is 1. The molecule has 94 valence electrons. The second-order valence-electron chi connectivity index (χ2n) is 4.06. The maximum atomic E-state index is 11.9. The molecule has 0 unspecified atom stereocenters. The summed E-state index contributed by atoms with van der Waals surface area (Å²) < 4.78 is 1.69. The molecular formula is C12H19N3O2. The number of carbonyl (C=O) groups is 1. The van der Waals surface area contributed by atoms with Crippen LogP contribution in [-0.4, -0.2) is 44.9 Å². The Morgan fingerprint density at radius 3 is 2.82 bits per heavy atom. The van der Waals surface area contributed by atoms with Crippen LogP contribution in [0.5, 0.6) is 0 Å². The SMILES string of the molecule is CC(C)N(CCO)C(=O)/C=C/c1ccnn1C. The molecule has 1 amide bonds. The van der Waals surface area contributed by atoms with E-state index in [-0.39, 0.29) is 18.6 Å². The van der Waals surface area contributed by atoms with Gasteiger partial charge in [-0.25, -0.2) is 0 Å². The summed E-state index contributed by atoms with van der Waals surface area (Å²) in [4.78, 5) is 13.5. The summed E-state index contributed by atoms with van der Waals surface area (Å²) in [6.45, 7) is 4.17. The van der Waals surface area contributed by atoms with E-state index in [9.17, 15) is 4.79 Å². The molecule has 0 bridgehead atoms. The van der Waals surface area contributed by atoms with Crippen molar-refractivity contribution in [3.8, 4) is 0 Å². The summed E-state index contributed by atoms with van der Waals surface area (Å²) in [5, 5.41) is 12.9. The van der Waals surface area contributed by atoms with E-state index in [1.165, 1.54) is 6.08 Å². The van der Waals surface area contributed by atoms with Crippen molar-refractivity contribution in [1.82, 2.24) is 14.7 Å². The van der Waals surface area contributed by atoms with Crippen LogP contribution >= 0.6 is 0 Å². The molecule has 0 aliphatic rings. The van der Waals surface area contributed by atoms with E-state index in [4.69, 9.17) is 5.11 Å². The first-order valence-electron chi connectivity index (χ1n) is 5.63. The third-order valence-electron chi connectivity index (χ3n) is 2.50. The maximum Gasteiger partial charge on any atom is 0.246 e. The van der Waals surface area contributed by atoms with Crippen molar-refractivity contribution in [2.24, 2.45) is 7.05 Å². The van der Waals surface area contributed by atoms with Crippen LogP contribution in [-0.2, 0) is 11.8 Å².